The van der Waals surface area contributed by atoms with Crippen molar-refractivity contribution < 1.29 is 29.4 Å². The molecule has 0 saturated heterocycles. The topological polar surface area (TPSA) is 169 Å². The third kappa shape index (κ3) is 2.41. The molecule has 0 saturated carbocycles. The fourth-order valence-electron chi connectivity index (χ4n) is 2.53. The number of nitrogens with zero attached hydrogens (tertiary/aromatic N) is 1. The molecule has 2 amide bonds. The van der Waals surface area contributed by atoms with Crippen molar-refractivity contribution in [1.29, 1.82) is 0 Å². The number of amides is 2. The molecule has 1 aromatic heterocycles. The Hall–Kier alpha value is -3.95. The predicted octanol–water partition coefficient (Wildman–Crippen LogP) is -0.300. The molecule has 25 heavy (non-hydrogen) atoms. The molecule has 2 aromatic rings. The molecule has 10 nitrogen and oxygen atoms in total. The molecule has 1 aliphatic rings. The number of nitrogens with two attached hydrogens (primary N) is 1. The lowest BCUT2D eigenvalue weighted by molar-refractivity contribution is 0.0696. The zero-order valence-electron chi connectivity index (χ0n) is 12.3. The van der Waals surface area contributed by atoms with E-state index < -0.39 is 35.1 Å². The molecular formula is C15H9N3O7. The molecule has 0 radical (unpaired) electrons. The van der Waals surface area contributed by atoms with Crippen molar-refractivity contribution >= 4 is 29.6 Å². The third-order valence-electron chi connectivity index (χ3n) is 3.62. The van der Waals surface area contributed by atoms with Crippen molar-refractivity contribution in [3.05, 3.63) is 56.9 Å². The summed E-state index contributed by atoms with van der Waals surface area (Å²) in [7, 11) is 0. The van der Waals surface area contributed by atoms with Gasteiger partial charge < -0.3 is 15.9 Å². The van der Waals surface area contributed by atoms with Crippen LogP contribution < -0.4 is 16.6 Å². The molecule has 0 fully saturated rings. The monoisotopic (exact) mass is 343 g/mol. The number of pyridine rings is 1. The largest absolute Gasteiger partial charge is 0.478 e. The molecule has 0 bridgehead atoms. The Morgan fingerprint density at radius 3 is 2.00 bits per heavy atom. The van der Waals surface area contributed by atoms with E-state index >= 15 is 0 Å². The highest BCUT2D eigenvalue weighted by molar-refractivity contribution is 6.23. The lowest BCUT2D eigenvalue weighted by Crippen LogP contribution is -2.24. The first-order chi connectivity index (χ1) is 11.7. The van der Waals surface area contributed by atoms with Gasteiger partial charge >= 0.3 is 11.9 Å². The highest BCUT2D eigenvalue weighted by Crippen LogP contribution is 2.24. The Labute approximate surface area is 138 Å². The van der Waals surface area contributed by atoms with Crippen LogP contribution in [0.1, 0.15) is 41.4 Å². The van der Waals surface area contributed by atoms with Gasteiger partial charge in [0, 0.05) is 6.07 Å². The second kappa shape index (κ2) is 5.30. The van der Waals surface area contributed by atoms with E-state index in [4.69, 9.17) is 15.9 Å². The van der Waals surface area contributed by atoms with Crippen molar-refractivity contribution in [2.75, 3.05) is 5.73 Å². The van der Waals surface area contributed by atoms with Gasteiger partial charge in [0.15, 0.2) is 0 Å². The number of hydrogen-bond acceptors (Lipinski definition) is 6. The van der Waals surface area contributed by atoms with Crippen LogP contribution >= 0.6 is 0 Å². The van der Waals surface area contributed by atoms with Crippen molar-refractivity contribution in [2.24, 2.45) is 0 Å². The van der Waals surface area contributed by atoms with Gasteiger partial charge in [-0.05, 0) is 18.2 Å². The number of carbonyl (C=O) groups excluding carboxylic acids is 2. The van der Waals surface area contributed by atoms with Gasteiger partial charge in [-0.15, -0.1) is 0 Å². The van der Waals surface area contributed by atoms with Gasteiger partial charge in [0.05, 0.1) is 27.9 Å². The van der Waals surface area contributed by atoms with E-state index in [9.17, 15) is 24.0 Å². The molecule has 10 heteroatoms. The number of imide groups is 1. The average Bonchev–Trinajstić information content (AvgIpc) is 2.81. The highest BCUT2D eigenvalue weighted by Gasteiger charge is 2.32. The molecule has 2 heterocycles. The number of aromatic carboxylic acids is 2. The number of fused-ring (bicyclic) bond motifs is 1. The smallest absolute Gasteiger partial charge is 0.335 e. The van der Waals surface area contributed by atoms with Crippen LogP contribution in [-0.2, 0) is 0 Å². The summed E-state index contributed by atoms with van der Waals surface area (Å²) in [5.41, 5.74) is 3.65. The van der Waals surface area contributed by atoms with E-state index in [2.05, 4.69) is 0 Å². The lowest BCUT2D eigenvalue weighted by Gasteiger charge is -2.13. The van der Waals surface area contributed by atoms with E-state index in [1.54, 1.807) is 0 Å². The zero-order valence-corrected chi connectivity index (χ0v) is 12.3. The SMILES string of the molecule is Nc1c2c(cc(=O)n1-c1cc(C(=O)O)cc(C(=O)O)c1)C(=O)NC2=O. The van der Waals surface area contributed by atoms with E-state index in [1.165, 1.54) is 0 Å². The maximum Gasteiger partial charge on any atom is 0.335 e. The van der Waals surface area contributed by atoms with Gasteiger partial charge in [0.2, 0.25) is 0 Å². The highest BCUT2D eigenvalue weighted by atomic mass is 16.4. The first kappa shape index (κ1) is 15.9. The number of benzene rings is 1. The van der Waals surface area contributed by atoms with Crippen molar-refractivity contribution in [3.8, 4) is 5.69 Å². The molecular weight excluding hydrogens is 334 g/mol. The second-order valence-corrected chi connectivity index (χ2v) is 5.15. The van der Waals surface area contributed by atoms with Crippen LogP contribution in [-0.4, -0.2) is 38.5 Å². The van der Waals surface area contributed by atoms with Crippen LogP contribution in [0.25, 0.3) is 5.69 Å². The minimum absolute atomic E-state index is 0.158. The molecule has 1 aromatic carbocycles. The van der Waals surface area contributed by atoms with Gasteiger partial charge in [0.1, 0.15) is 5.82 Å². The van der Waals surface area contributed by atoms with Gasteiger partial charge in [-0.1, -0.05) is 0 Å². The number of rotatable bonds is 3. The summed E-state index contributed by atoms with van der Waals surface area (Å²) in [5, 5.41) is 20.2. The van der Waals surface area contributed by atoms with E-state index in [1.807, 2.05) is 5.32 Å². The summed E-state index contributed by atoms with van der Waals surface area (Å²) < 4.78 is 0.774. The average molecular weight is 343 g/mol. The Bertz CT molecular complexity index is 1020. The van der Waals surface area contributed by atoms with E-state index in [-0.39, 0.29) is 27.9 Å². The molecule has 1 aliphatic heterocycles. The third-order valence-corrected chi connectivity index (χ3v) is 3.62. The van der Waals surface area contributed by atoms with Gasteiger partial charge in [-0.2, -0.15) is 0 Å². The summed E-state index contributed by atoms with van der Waals surface area (Å²) in [5.74, 6) is -4.81. The first-order valence-corrected chi connectivity index (χ1v) is 6.74. The summed E-state index contributed by atoms with van der Waals surface area (Å²) in [6.07, 6.45) is 0. The summed E-state index contributed by atoms with van der Waals surface area (Å²) >= 11 is 0. The Balaban J connectivity index is 2.35. The van der Waals surface area contributed by atoms with Crippen LogP contribution in [0.5, 0.6) is 0 Å². The number of carbonyl (C=O) groups is 4. The fourth-order valence-corrected chi connectivity index (χ4v) is 2.53. The molecule has 126 valence electrons. The number of hydrogen-bond donors (Lipinski definition) is 4. The maximum absolute atomic E-state index is 12.3. The van der Waals surface area contributed by atoms with Crippen LogP contribution in [0.4, 0.5) is 5.82 Å². The Kier molecular flexibility index (Phi) is 3.38. The summed E-state index contributed by atoms with van der Waals surface area (Å²) in [6.45, 7) is 0. The minimum atomic E-state index is -1.41. The lowest BCUT2D eigenvalue weighted by atomic mass is 10.1. The molecule has 0 atom stereocenters. The van der Waals surface area contributed by atoms with Crippen LogP contribution in [0.15, 0.2) is 29.1 Å². The molecule has 3 rings (SSSR count). The van der Waals surface area contributed by atoms with Crippen molar-refractivity contribution in [1.82, 2.24) is 9.88 Å². The number of nitrogens with one attached hydrogen (secondary N) is 1. The predicted molar refractivity (Wildman–Crippen MR) is 82.2 cm³/mol. The van der Waals surface area contributed by atoms with E-state index in [0.717, 1.165) is 28.8 Å². The van der Waals surface area contributed by atoms with Gasteiger partial charge in [0.25, 0.3) is 17.4 Å². The molecule has 0 unspecified atom stereocenters. The fraction of sp³-hybridized carbons (Fsp3) is 0. The number of nitrogen functional groups attached to an aromatic ring is 1. The van der Waals surface area contributed by atoms with Gasteiger partial charge in [-0.3, -0.25) is 24.3 Å². The van der Waals surface area contributed by atoms with Crippen LogP contribution in [0, 0.1) is 0 Å². The molecule has 5 N–H and O–H groups in total. The van der Waals surface area contributed by atoms with Crippen molar-refractivity contribution in [2.45, 2.75) is 0 Å². The standard InChI is InChI=1S/C15H9N3O7/c16-11-10-8(12(20)17-13(10)21)4-9(19)18(11)7-2-5(14(22)23)1-6(3-7)15(24)25/h1-4H,16H2,(H,22,23)(H,24,25)(H,17,20,21). The molecule has 0 aliphatic carbocycles. The number of anilines is 1. The number of aromatic nitrogens is 1. The first-order valence-electron chi connectivity index (χ1n) is 6.74. The van der Waals surface area contributed by atoms with Gasteiger partial charge in [-0.25, -0.2) is 9.59 Å². The maximum atomic E-state index is 12.3. The normalized spacial score (nSPS) is 12.6. The quantitative estimate of drug-likeness (QED) is 0.550. The van der Waals surface area contributed by atoms with Crippen molar-refractivity contribution in [3.63, 3.8) is 0 Å². The van der Waals surface area contributed by atoms with Crippen LogP contribution in [0.2, 0.25) is 0 Å². The van der Waals surface area contributed by atoms with Crippen LogP contribution in [0.3, 0.4) is 0 Å². The number of carboxylic acid groups (broad SMARTS) is 2. The Morgan fingerprint density at radius 2 is 1.48 bits per heavy atom. The summed E-state index contributed by atoms with van der Waals surface area (Å²) in [4.78, 5) is 58.1. The minimum Gasteiger partial charge on any atom is -0.478 e. The summed E-state index contributed by atoms with van der Waals surface area (Å²) in [6, 6.07) is 3.86. The second-order valence-electron chi connectivity index (χ2n) is 5.15. The molecule has 0 spiro atoms. The number of carboxylic acids is 2. The Morgan fingerprint density at radius 1 is 0.920 bits per heavy atom. The van der Waals surface area contributed by atoms with E-state index in [0.29, 0.717) is 0 Å². The zero-order chi connectivity index (χ0) is 18.5.